The van der Waals surface area contributed by atoms with E-state index in [2.05, 4.69) is 23.5 Å². The molecule has 2 aromatic rings. The lowest BCUT2D eigenvalue weighted by molar-refractivity contribution is 0.305. The van der Waals surface area contributed by atoms with Gasteiger partial charge in [0.15, 0.2) is 0 Å². The van der Waals surface area contributed by atoms with Crippen molar-refractivity contribution in [1.82, 2.24) is 5.32 Å². The second-order valence-corrected chi connectivity index (χ2v) is 7.36. The fraction of sp³-hybridized carbons (Fsp3) is 0.455. The summed E-state index contributed by atoms with van der Waals surface area (Å²) in [5.41, 5.74) is 2.29. The maximum absolute atomic E-state index is 6.19. The van der Waals surface area contributed by atoms with Gasteiger partial charge in [0.05, 0.1) is 0 Å². The molecule has 0 aromatic heterocycles. The van der Waals surface area contributed by atoms with Crippen molar-refractivity contribution < 1.29 is 4.74 Å². The van der Waals surface area contributed by atoms with Gasteiger partial charge in [-0.2, -0.15) is 0 Å². The normalized spacial score (nSPS) is 16.2. The molecule has 0 saturated heterocycles. The van der Waals surface area contributed by atoms with Crippen molar-refractivity contribution in [2.75, 3.05) is 0 Å². The maximum atomic E-state index is 6.19. The highest BCUT2D eigenvalue weighted by molar-refractivity contribution is 6.31. The Bertz CT molecular complexity index is 650. The molecule has 1 N–H and O–H groups in total. The topological polar surface area (TPSA) is 21.3 Å². The van der Waals surface area contributed by atoms with Crippen LogP contribution in [-0.4, -0.2) is 6.04 Å². The second-order valence-electron chi connectivity index (χ2n) is 6.95. The fourth-order valence-electron chi connectivity index (χ4n) is 3.44. The molecule has 0 amide bonds. The van der Waals surface area contributed by atoms with Gasteiger partial charge in [-0.3, -0.25) is 0 Å². The molecule has 2 nitrogen and oxygen atoms in total. The number of benzene rings is 2. The van der Waals surface area contributed by atoms with Crippen LogP contribution >= 0.6 is 11.6 Å². The van der Waals surface area contributed by atoms with Crippen molar-refractivity contribution in [3.63, 3.8) is 0 Å². The Labute approximate surface area is 156 Å². The van der Waals surface area contributed by atoms with Crippen LogP contribution in [0.2, 0.25) is 5.02 Å². The maximum Gasteiger partial charge on any atom is 0.120 e. The molecule has 0 radical (unpaired) electrons. The molecule has 3 heteroatoms. The van der Waals surface area contributed by atoms with Crippen LogP contribution in [0, 0.1) is 0 Å². The Kier molecular flexibility index (Phi) is 7.20. The first kappa shape index (κ1) is 18.3. The molecule has 1 fully saturated rings. The largest absolute Gasteiger partial charge is 0.489 e. The lowest BCUT2D eigenvalue weighted by Gasteiger charge is -2.21. The van der Waals surface area contributed by atoms with Crippen LogP contribution in [0.1, 0.15) is 56.1 Å². The zero-order chi connectivity index (χ0) is 17.3. The minimum atomic E-state index is 0.499. The van der Waals surface area contributed by atoms with Crippen molar-refractivity contribution in [2.45, 2.75) is 64.1 Å². The predicted octanol–water partition coefficient (Wildman–Crippen LogP) is 6.12. The van der Waals surface area contributed by atoms with Gasteiger partial charge in [0.2, 0.25) is 0 Å². The standard InChI is InChI=1S/C22H28ClNO/c23-22-14-7-6-10-19(22)17-25-21-13-8-9-18(15-21)16-24-20-11-4-2-1-3-5-12-20/h6-10,13-15,20,24H,1-5,11-12,16-17H2. The highest BCUT2D eigenvalue weighted by Crippen LogP contribution is 2.20. The molecule has 1 saturated carbocycles. The summed E-state index contributed by atoms with van der Waals surface area (Å²) in [5, 5.41) is 4.49. The zero-order valence-corrected chi connectivity index (χ0v) is 15.6. The lowest BCUT2D eigenvalue weighted by atomic mass is 9.96. The third kappa shape index (κ3) is 6.05. The molecule has 3 rings (SSSR count). The molecule has 1 aliphatic rings. The Morgan fingerprint density at radius 1 is 0.920 bits per heavy atom. The summed E-state index contributed by atoms with van der Waals surface area (Å²) in [6.07, 6.45) is 9.54. The van der Waals surface area contributed by atoms with E-state index in [0.29, 0.717) is 12.6 Å². The van der Waals surface area contributed by atoms with Crippen LogP contribution < -0.4 is 10.1 Å². The molecule has 2 aromatic carbocycles. The molecule has 0 unspecified atom stereocenters. The van der Waals surface area contributed by atoms with E-state index in [1.165, 1.54) is 50.5 Å². The van der Waals surface area contributed by atoms with Crippen molar-refractivity contribution in [3.8, 4) is 5.75 Å². The third-order valence-corrected chi connectivity index (χ3v) is 5.32. The minimum absolute atomic E-state index is 0.499. The Morgan fingerprint density at radius 3 is 2.48 bits per heavy atom. The van der Waals surface area contributed by atoms with Gasteiger partial charge in [-0.15, -0.1) is 0 Å². The van der Waals surface area contributed by atoms with Gasteiger partial charge in [0.25, 0.3) is 0 Å². The van der Waals surface area contributed by atoms with Crippen LogP contribution in [-0.2, 0) is 13.2 Å². The molecule has 0 spiro atoms. The van der Waals surface area contributed by atoms with Crippen molar-refractivity contribution in [2.24, 2.45) is 0 Å². The van der Waals surface area contributed by atoms with E-state index in [1.807, 2.05) is 30.3 Å². The molecular formula is C22H28ClNO. The number of ether oxygens (including phenoxy) is 1. The van der Waals surface area contributed by atoms with Gasteiger partial charge in [-0.05, 0) is 36.6 Å². The summed E-state index contributed by atoms with van der Waals surface area (Å²) in [6.45, 7) is 1.41. The van der Waals surface area contributed by atoms with Crippen LogP contribution in [0.3, 0.4) is 0 Å². The van der Waals surface area contributed by atoms with Gasteiger partial charge >= 0.3 is 0 Å². The minimum Gasteiger partial charge on any atom is -0.489 e. The smallest absolute Gasteiger partial charge is 0.120 e. The summed E-state index contributed by atoms with van der Waals surface area (Å²) < 4.78 is 5.93. The van der Waals surface area contributed by atoms with Gasteiger partial charge in [-0.1, -0.05) is 74.0 Å². The molecule has 25 heavy (non-hydrogen) atoms. The van der Waals surface area contributed by atoms with Gasteiger partial charge < -0.3 is 10.1 Å². The Balaban J connectivity index is 1.51. The Hall–Kier alpha value is -1.51. The average molecular weight is 358 g/mol. The SMILES string of the molecule is Clc1ccccc1COc1cccc(CNC2CCCCCCC2)c1. The number of rotatable bonds is 6. The first-order valence-corrected chi connectivity index (χ1v) is 9.87. The molecule has 0 atom stereocenters. The van der Waals surface area contributed by atoms with Crippen molar-refractivity contribution in [3.05, 3.63) is 64.7 Å². The summed E-state index contributed by atoms with van der Waals surface area (Å²) in [5.74, 6) is 0.900. The molecule has 0 heterocycles. The fourth-order valence-corrected chi connectivity index (χ4v) is 3.63. The summed E-state index contributed by atoms with van der Waals surface area (Å²) >= 11 is 6.19. The van der Waals surface area contributed by atoms with Gasteiger partial charge in [0.1, 0.15) is 12.4 Å². The monoisotopic (exact) mass is 357 g/mol. The zero-order valence-electron chi connectivity index (χ0n) is 14.8. The van der Waals surface area contributed by atoms with Crippen molar-refractivity contribution >= 4 is 11.6 Å². The number of halogens is 1. The summed E-state index contributed by atoms with van der Waals surface area (Å²) in [6, 6.07) is 16.9. The van der Waals surface area contributed by atoms with E-state index in [4.69, 9.17) is 16.3 Å². The number of hydrogen-bond acceptors (Lipinski definition) is 2. The van der Waals surface area contributed by atoms with Crippen LogP contribution in [0.25, 0.3) is 0 Å². The highest BCUT2D eigenvalue weighted by Gasteiger charge is 2.10. The first-order valence-electron chi connectivity index (χ1n) is 9.50. The summed E-state index contributed by atoms with van der Waals surface area (Å²) in [7, 11) is 0. The van der Waals surface area contributed by atoms with E-state index >= 15 is 0 Å². The first-order chi connectivity index (χ1) is 12.3. The van der Waals surface area contributed by atoms with E-state index in [1.54, 1.807) is 0 Å². The van der Waals surface area contributed by atoms with Gasteiger partial charge in [0, 0.05) is 23.2 Å². The van der Waals surface area contributed by atoms with Gasteiger partial charge in [-0.25, -0.2) is 0 Å². The molecular weight excluding hydrogens is 330 g/mol. The lowest BCUT2D eigenvalue weighted by Crippen LogP contribution is -2.29. The predicted molar refractivity (Wildman–Crippen MR) is 105 cm³/mol. The van der Waals surface area contributed by atoms with E-state index in [0.717, 1.165) is 22.9 Å². The molecule has 134 valence electrons. The number of nitrogens with one attached hydrogen (secondary N) is 1. The quantitative estimate of drug-likeness (QED) is 0.672. The highest BCUT2D eigenvalue weighted by atomic mass is 35.5. The van der Waals surface area contributed by atoms with Crippen LogP contribution in [0.5, 0.6) is 5.75 Å². The molecule has 0 bridgehead atoms. The van der Waals surface area contributed by atoms with Crippen LogP contribution in [0.4, 0.5) is 0 Å². The van der Waals surface area contributed by atoms with E-state index in [9.17, 15) is 0 Å². The van der Waals surface area contributed by atoms with E-state index < -0.39 is 0 Å². The Morgan fingerprint density at radius 2 is 1.68 bits per heavy atom. The van der Waals surface area contributed by atoms with E-state index in [-0.39, 0.29) is 0 Å². The summed E-state index contributed by atoms with van der Waals surface area (Å²) in [4.78, 5) is 0. The third-order valence-electron chi connectivity index (χ3n) is 4.95. The average Bonchev–Trinajstić information content (AvgIpc) is 2.60. The molecule has 1 aliphatic carbocycles. The molecule has 0 aliphatic heterocycles. The van der Waals surface area contributed by atoms with Crippen molar-refractivity contribution in [1.29, 1.82) is 0 Å². The number of hydrogen-bond donors (Lipinski definition) is 1. The second kappa shape index (κ2) is 9.84. The van der Waals surface area contributed by atoms with Crippen LogP contribution in [0.15, 0.2) is 48.5 Å².